The van der Waals surface area contributed by atoms with Crippen LogP contribution in [0.5, 0.6) is 51.7 Å². The van der Waals surface area contributed by atoms with Crippen molar-refractivity contribution in [3.8, 4) is 51.7 Å². The van der Waals surface area contributed by atoms with Gasteiger partial charge in [-0.3, -0.25) is 4.72 Å². The van der Waals surface area contributed by atoms with E-state index >= 15 is 4.39 Å². The molecule has 41 heteroatoms. The second-order valence-corrected chi connectivity index (χ2v) is 28.3. The zero-order valence-corrected chi connectivity index (χ0v) is 58.2. The molecule has 11 aromatic rings. The Balaban J connectivity index is 0.000000183. The fourth-order valence-corrected chi connectivity index (χ4v) is 15.0. The van der Waals surface area contributed by atoms with Crippen LogP contribution < -0.4 is 41.8 Å². The van der Waals surface area contributed by atoms with Crippen LogP contribution in [0.25, 0.3) is 0 Å². The SMILES string of the molecule is COc1ccc(CN(c2ncns2)S(=O)(=O)c2cc(F)c(F)cc2F)c(OC)c1.COc1ccc(CN(c2ncns2)S(=O)(=O)c2cc(F)c(Oc3cc(F)cc(Cl)c3)cc2F)c(OC)c1.O=S(=O)(Nc1ncns1)c1cc(F)c(Oc2cc(F)cc(Cl)c2)cc1F.Oc1cc(F)cc(Cl)c1. The number of rotatable bonds is 21. The first-order chi connectivity index (χ1) is 47.8. The Morgan fingerprint density at radius 2 is 0.812 bits per heavy atom. The van der Waals surface area contributed by atoms with E-state index in [2.05, 4.69) is 28.1 Å². The average Bonchev–Trinajstić information content (AvgIpc) is 1.60. The van der Waals surface area contributed by atoms with Gasteiger partial charge in [-0.2, -0.15) is 13.1 Å². The van der Waals surface area contributed by atoms with Crippen LogP contribution in [-0.4, -0.2) is 86.9 Å². The van der Waals surface area contributed by atoms with Crippen LogP contribution in [0.3, 0.4) is 0 Å². The van der Waals surface area contributed by atoms with Crippen molar-refractivity contribution < 1.29 is 103 Å². The molecule has 3 aromatic heterocycles. The van der Waals surface area contributed by atoms with Gasteiger partial charge in [0.15, 0.2) is 34.8 Å². The number of methoxy groups -OCH3 is 4. The summed E-state index contributed by atoms with van der Waals surface area (Å²) in [5.74, 6) is -11.7. The van der Waals surface area contributed by atoms with Gasteiger partial charge in [-0.25, -0.2) is 92.7 Å². The lowest BCUT2D eigenvalue weighted by atomic mass is 10.2. The number of sulfonamides is 3. The predicted octanol–water partition coefficient (Wildman–Crippen LogP) is 15.6. The highest BCUT2D eigenvalue weighted by molar-refractivity contribution is 7.93. The Morgan fingerprint density at radius 1 is 0.416 bits per heavy atom. The molecule has 0 saturated carbocycles. The van der Waals surface area contributed by atoms with Crippen LogP contribution in [0.2, 0.25) is 15.1 Å². The Bertz CT molecular complexity index is 5030. The van der Waals surface area contributed by atoms with Crippen molar-refractivity contribution in [2.75, 3.05) is 41.8 Å². The average molecular weight is 1590 g/mol. The molecule has 0 aliphatic heterocycles. The number of benzene rings is 8. The van der Waals surface area contributed by atoms with Gasteiger partial charge in [-0.1, -0.05) is 34.8 Å². The Kier molecular flexibility index (Phi) is 25.8. The number of hydrogen-bond donors (Lipinski definition) is 2. The van der Waals surface area contributed by atoms with Gasteiger partial charge in [-0.05, 0) is 60.7 Å². The van der Waals surface area contributed by atoms with Crippen LogP contribution in [0.1, 0.15) is 11.1 Å². The Morgan fingerprint density at radius 3 is 1.21 bits per heavy atom. The number of nitrogens with one attached hydrogen (secondary N) is 1. The van der Waals surface area contributed by atoms with E-state index in [9.17, 15) is 64.8 Å². The lowest BCUT2D eigenvalue weighted by molar-refractivity contribution is 0.391. The quantitative estimate of drug-likeness (QED) is 0.0499. The van der Waals surface area contributed by atoms with Gasteiger partial charge in [0.05, 0.1) is 41.5 Å². The monoisotopic (exact) mass is 1580 g/mol. The summed E-state index contributed by atoms with van der Waals surface area (Å²) in [7, 11) is -8.12. The minimum atomic E-state index is -4.72. The number of aromatic nitrogens is 6. The Labute approximate surface area is 593 Å². The highest BCUT2D eigenvalue weighted by Crippen LogP contribution is 2.38. The molecule has 3 heterocycles. The Hall–Kier alpha value is -9.54. The topological polar surface area (TPSA) is 274 Å². The fourth-order valence-electron chi connectivity index (χ4n) is 8.22. The van der Waals surface area contributed by atoms with E-state index in [4.69, 9.17) is 68.3 Å². The van der Waals surface area contributed by atoms with Crippen LogP contribution in [0.15, 0.2) is 161 Å². The zero-order chi connectivity index (χ0) is 73.7. The van der Waals surface area contributed by atoms with Crippen LogP contribution in [0, 0.1) is 58.2 Å². The predicted molar refractivity (Wildman–Crippen MR) is 351 cm³/mol. The van der Waals surface area contributed by atoms with Crippen LogP contribution in [-0.2, 0) is 43.2 Å². The molecule has 11 rings (SSSR count). The van der Waals surface area contributed by atoms with E-state index in [1.54, 1.807) is 36.4 Å². The van der Waals surface area contributed by atoms with E-state index in [-0.39, 0.29) is 66.9 Å². The van der Waals surface area contributed by atoms with Gasteiger partial charge in [0, 0.05) is 128 Å². The summed E-state index contributed by atoms with van der Waals surface area (Å²) in [5.41, 5.74) is 0.793. The summed E-state index contributed by atoms with van der Waals surface area (Å²) in [4.78, 5) is 8.44. The molecule has 22 nitrogen and oxygen atoms in total. The van der Waals surface area contributed by atoms with Crippen molar-refractivity contribution in [1.82, 2.24) is 28.1 Å². The number of phenolic OH excluding ortho intramolecular Hbond substituents is 1. The number of hydrogen-bond acceptors (Lipinski definition) is 22. The van der Waals surface area contributed by atoms with Crippen molar-refractivity contribution in [2.24, 2.45) is 0 Å². The molecule has 0 fully saturated rings. The lowest BCUT2D eigenvalue weighted by Crippen LogP contribution is -2.31. The molecular weight excluding hydrogens is 1540 g/mol. The van der Waals surface area contributed by atoms with E-state index in [0.717, 1.165) is 98.6 Å². The minimum Gasteiger partial charge on any atom is -0.508 e. The highest BCUT2D eigenvalue weighted by atomic mass is 35.5. The van der Waals surface area contributed by atoms with Gasteiger partial charge < -0.3 is 33.5 Å². The molecule has 0 amide bonds. The zero-order valence-electron chi connectivity index (χ0n) is 51.1. The molecule has 0 atom stereocenters. The second-order valence-electron chi connectivity index (χ2n) is 19.3. The molecule has 0 saturated heterocycles. The molecular formula is C60H42Cl3F10N9O13S6. The first-order valence-corrected chi connectivity index (χ1v) is 35.0. The number of halogens is 13. The fraction of sp³-hybridized carbons (Fsp3) is 0.100. The van der Waals surface area contributed by atoms with E-state index in [1.807, 2.05) is 4.72 Å². The molecule has 532 valence electrons. The maximum atomic E-state index is 15.1. The summed E-state index contributed by atoms with van der Waals surface area (Å²) >= 11 is 19.0. The number of aromatic hydroxyl groups is 1. The minimum absolute atomic E-state index is 0.0127. The molecule has 0 aliphatic rings. The third-order valence-electron chi connectivity index (χ3n) is 12.7. The molecule has 0 spiro atoms. The highest BCUT2D eigenvalue weighted by Gasteiger charge is 2.35. The summed E-state index contributed by atoms with van der Waals surface area (Å²) in [5, 5.41) is 8.53. The molecule has 0 aliphatic carbocycles. The first kappa shape index (κ1) is 77.2. The van der Waals surface area contributed by atoms with Gasteiger partial charge in [0.1, 0.15) is 109 Å². The number of nitrogens with zero attached hydrogens (tertiary/aromatic N) is 8. The summed E-state index contributed by atoms with van der Waals surface area (Å²) in [6.07, 6.45) is 3.35. The summed E-state index contributed by atoms with van der Waals surface area (Å²) in [6.45, 7) is -0.672. The lowest BCUT2D eigenvalue weighted by Gasteiger charge is -2.23. The van der Waals surface area contributed by atoms with Crippen molar-refractivity contribution in [1.29, 1.82) is 0 Å². The third-order valence-corrected chi connectivity index (χ3v) is 20.5. The van der Waals surface area contributed by atoms with Gasteiger partial charge in [0.2, 0.25) is 15.4 Å². The molecule has 2 N–H and O–H groups in total. The van der Waals surface area contributed by atoms with Gasteiger partial charge in [0.25, 0.3) is 30.1 Å². The number of ether oxygens (including phenoxy) is 6. The van der Waals surface area contributed by atoms with Crippen molar-refractivity contribution in [3.05, 3.63) is 231 Å². The van der Waals surface area contributed by atoms with Crippen molar-refractivity contribution in [2.45, 2.75) is 27.8 Å². The summed E-state index contributed by atoms with van der Waals surface area (Å²) < 4.78 is 262. The first-order valence-electron chi connectivity index (χ1n) is 27.2. The standard InChI is InChI=1S/C23H17ClF3N3O5S2.C17H14F3N3O4S2.C14H7ClF3N3O3S2.C6H4ClFO/c1-33-16-4-3-13(20(8-16)34-2)11-30(23-28-12-29-36-23)37(31,32)22-10-18(26)21(9-19(22)27)35-17-6-14(24)5-15(25)7-17;1-26-11-4-3-10(15(5-11)27-2)8-23(17-21-9-22-28-17)29(24,25)16-7-13(19)12(18)6-14(16)20;15-7-1-8(16)3-9(2-7)24-12-4-11(18)13(5-10(12)17)26(22,23)21-14-19-6-20-25-14;7-4-1-5(8)3-6(9)2-4/h3-10,12H,11H2,1-2H3;3-7,9H,8H2,1-2H3;1-6H,(H,19,20,21);1-3,9H. The van der Waals surface area contributed by atoms with E-state index in [0.29, 0.717) is 64.5 Å². The van der Waals surface area contributed by atoms with Gasteiger partial charge in [-0.15, -0.1) is 0 Å². The largest absolute Gasteiger partial charge is 0.508 e. The van der Waals surface area contributed by atoms with Crippen molar-refractivity contribution >= 4 is 115 Å². The number of anilines is 3. The molecule has 0 bridgehead atoms. The smallest absolute Gasteiger partial charge is 0.269 e. The van der Waals surface area contributed by atoms with Crippen LogP contribution in [0.4, 0.5) is 59.3 Å². The molecule has 0 unspecified atom stereocenters. The summed E-state index contributed by atoms with van der Waals surface area (Å²) in [6, 6.07) is 21.4. The molecule has 101 heavy (non-hydrogen) atoms. The van der Waals surface area contributed by atoms with Gasteiger partial charge >= 0.3 is 0 Å². The van der Waals surface area contributed by atoms with E-state index < -0.39 is 114 Å². The molecule has 0 radical (unpaired) electrons. The normalized spacial score (nSPS) is 11.2. The van der Waals surface area contributed by atoms with E-state index in [1.165, 1.54) is 46.6 Å². The maximum absolute atomic E-state index is 15.1. The third kappa shape index (κ3) is 19.9. The number of phenols is 1. The maximum Gasteiger partial charge on any atom is 0.269 e. The molecule has 8 aromatic carbocycles. The van der Waals surface area contributed by atoms with Crippen molar-refractivity contribution in [3.63, 3.8) is 0 Å². The second kappa shape index (κ2) is 33.8. The van der Waals surface area contributed by atoms with Crippen LogP contribution >= 0.6 is 69.4 Å².